The number of fused-ring (bicyclic) bond motifs is 2. The van der Waals surface area contributed by atoms with Gasteiger partial charge in [-0.2, -0.15) is 0 Å². The third-order valence-corrected chi connectivity index (χ3v) is 1.41. The molecular weight excluding hydrogens is 158 g/mol. The second kappa shape index (κ2) is 3.19. The highest BCUT2D eigenvalue weighted by Crippen LogP contribution is 2.23. The molecule has 0 atom stereocenters. The van der Waals surface area contributed by atoms with E-state index in [1.54, 1.807) is 5.16 Å². The fourth-order valence-corrected chi connectivity index (χ4v) is 0.940. The summed E-state index contributed by atoms with van der Waals surface area (Å²) in [5, 5.41) is 7.36. The van der Waals surface area contributed by atoms with Crippen molar-refractivity contribution in [3.05, 3.63) is 35.5 Å². The van der Waals surface area contributed by atoms with Gasteiger partial charge in [-0.1, -0.05) is 24.3 Å². The summed E-state index contributed by atoms with van der Waals surface area (Å²) in [5.74, 6) is 0.185. The number of hydrogen-bond acceptors (Lipinski definition) is 3. The number of isothiocyanates is 1. The van der Waals surface area contributed by atoms with Crippen LogP contribution >= 0.6 is 12.2 Å². The first kappa shape index (κ1) is 7.79. The average Bonchev–Trinajstić information content (AvgIpc) is 2.51. The lowest BCUT2D eigenvalue weighted by Gasteiger charge is -1.78. The Morgan fingerprint density at radius 3 is 1.73 bits per heavy atom. The van der Waals surface area contributed by atoms with E-state index in [2.05, 4.69) is 12.2 Å². The maximum Gasteiger partial charge on any atom is 0.193 e. The van der Waals surface area contributed by atoms with Gasteiger partial charge in [-0.3, -0.25) is 4.79 Å². The van der Waals surface area contributed by atoms with E-state index in [0.29, 0.717) is 0 Å². The Morgan fingerprint density at radius 1 is 1.27 bits per heavy atom. The van der Waals surface area contributed by atoms with Crippen molar-refractivity contribution in [3.63, 3.8) is 0 Å². The molecule has 0 aromatic heterocycles. The van der Waals surface area contributed by atoms with Gasteiger partial charge in [0.25, 0.3) is 0 Å². The maximum absolute atomic E-state index is 10.8. The first-order valence-electron chi connectivity index (χ1n) is 2.98. The maximum atomic E-state index is 10.8. The number of hydrogen-bond donors (Lipinski definition) is 1. The molecule has 2 bridgehead atoms. The van der Waals surface area contributed by atoms with Crippen molar-refractivity contribution in [3.8, 4) is 0 Å². The normalized spacial score (nSPS) is 16.5. The Bertz CT molecular complexity index is 293. The Balaban J connectivity index is 0.000000179. The van der Waals surface area contributed by atoms with Crippen LogP contribution in [0.2, 0.25) is 0 Å². The zero-order chi connectivity index (χ0) is 8.27. The fourth-order valence-electron chi connectivity index (χ4n) is 0.940. The Morgan fingerprint density at radius 2 is 1.64 bits per heavy atom. The summed E-state index contributed by atoms with van der Waals surface area (Å²) in [4.78, 5) is 10.8. The molecule has 0 aromatic carbocycles. The summed E-state index contributed by atoms with van der Waals surface area (Å²) >= 11 is 3.81. The number of nitrogens with one attached hydrogen (secondary N) is 1. The molecule has 0 aliphatic heterocycles. The number of ketones is 1. The van der Waals surface area contributed by atoms with E-state index in [9.17, 15) is 4.79 Å². The van der Waals surface area contributed by atoms with Crippen molar-refractivity contribution in [2.45, 2.75) is 0 Å². The highest BCUT2D eigenvalue weighted by atomic mass is 32.1. The number of allylic oxidation sites excluding steroid dienone is 6. The second-order valence-electron chi connectivity index (χ2n) is 2.01. The van der Waals surface area contributed by atoms with E-state index in [1.165, 1.54) is 0 Å². The smallest absolute Gasteiger partial charge is 0.193 e. The summed E-state index contributed by atoms with van der Waals surface area (Å²) in [6.07, 6.45) is 7.38. The van der Waals surface area contributed by atoms with Crippen molar-refractivity contribution >= 4 is 23.2 Å². The molecular formula is C8H5NOS. The van der Waals surface area contributed by atoms with E-state index in [-0.39, 0.29) is 5.78 Å². The van der Waals surface area contributed by atoms with Gasteiger partial charge in [0.05, 0.1) is 5.16 Å². The summed E-state index contributed by atoms with van der Waals surface area (Å²) in [6.45, 7) is 0. The van der Waals surface area contributed by atoms with Gasteiger partial charge < -0.3 is 0 Å². The summed E-state index contributed by atoms with van der Waals surface area (Å²) < 4.78 is 0. The molecule has 1 N–H and O–H groups in total. The first-order chi connectivity index (χ1) is 5.29. The number of carbonyl (C=O) groups excluding carboxylic acids is 1. The molecule has 2 rings (SSSR count). The average molecular weight is 163 g/mol. The van der Waals surface area contributed by atoms with Crippen LogP contribution in [-0.2, 0) is 4.79 Å². The van der Waals surface area contributed by atoms with Gasteiger partial charge in [0.15, 0.2) is 5.78 Å². The Hall–Kier alpha value is -1.31. The standard InChI is InChI=1S/C7H4O.CHNS/c8-7-5-1-2-6(7)4-3-5;2-1-3/h1-4H;2H. The van der Waals surface area contributed by atoms with Crippen LogP contribution in [0.4, 0.5) is 0 Å². The topological polar surface area (TPSA) is 40.9 Å². The van der Waals surface area contributed by atoms with Crippen LogP contribution < -0.4 is 0 Å². The number of carbonyl (C=O) groups is 1. The van der Waals surface area contributed by atoms with Crippen LogP contribution in [0.15, 0.2) is 35.5 Å². The number of Topliss-reactive ketones (excluding diaryl/α,β-unsaturated/α-hetero) is 1. The molecule has 2 aliphatic rings. The predicted molar refractivity (Wildman–Crippen MR) is 45.6 cm³/mol. The molecule has 0 amide bonds. The lowest BCUT2D eigenvalue weighted by Crippen LogP contribution is -1.89. The largest absolute Gasteiger partial charge is 0.289 e. The van der Waals surface area contributed by atoms with Crippen LogP contribution in [0.1, 0.15) is 0 Å². The molecule has 54 valence electrons. The zero-order valence-electron chi connectivity index (χ0n) is 5.63. The lowest BCUT2D eigenvalue weighted by atomic mass is 10.2. The second-order valence-corrected chi connectivity index (χ2v) is 2.21. The van der Waals surface area contributed by atoms with Gasteiger partial charge in [0.2, 0.25) is 0 Å². The van der Waals surface area contributed by atoms with Crippen molar-refractivity contribution in [1.82, 2.24) is 0 Å². The van der Waals surface area contributed by atoms with Gasteiger partial charge in [-0.15, -0.1) is 0 Å². The van der Waals surface area contributed by atoms with Crippen molar-refractivity contribution in [2.24, 2.45) is 0 Å². The van der Waals surface area contributed by atoms with Gasteiger partial charge in [0, 0.05) is 11.1 Å². The van der Waals surface area contributed by atoms with Crippen LogP contribution in [0.25, 0.3) is 0 Å². The molecule has 0 radical (unpaired) electrons. The minimum absolute atomic E-state index is 0.185. The molecule has 2 nitrogen and oxygen atoms in total. The molecule has 0 saturated carbocycles. The van der Waals surface area contributed by atoms with Crippen LogP contribution in [0, 0.1) is 5.41 Å². The Kier molecular flexibility index (Phi) is 2.26. The Labute approximate surface area is 69.4 Å². The van der Waals surface area contributed by atoms with E-state index < -0.39 is 0 Å². The van der Waals surface area contributed by atoms with Crippen LogP contribution in [-0.4, -0.2) is 10.9 Å². The fraction of sp³-hybridized carbons (Fsp3) is 0. The molecule has 0 heterocycles. The van der Waals surface area contributed by atoms with Gasteiger partial charge in [-0.05, 0) is 12.2 Å². The lowest BCUT2D eigenvalue weighted by molar-refractivity contribution is -0.111. The minimum atomic E-state index is 0.185. The quantitative estimate of drug-likeness (QED) is 0.436. The molecule has 0 fully saturated rings. The van der Waals surface area contributed by atoms with Crippen molar-refractivity contribution in [1.29, 1.82) is 5.41 Å². The molecule has 0 aromatic rings. The van der Waals surface area contributed by atoms with Gasteiger partial charge in [0.1, 0.15) is 0 Å². The zero-order valence-corrected chi connectivity index (χ0v) is 6.44. The summed E-state index contributed by atoms with van der Waals surface area (Å²) in [7, 11) is 0. The minimum Gasteiger partial charge on any atom is -0.289 e. The highest BCUT2D eigenvalue weighted by molar-refractivity contribution is 7.78. The summed E-state index contributed by atoms with van der Waals surface area (Å²) in [6, 6.07) is 0. The molecule has 0 saturated heterocycles. The molecule has 11 heavy (non-hydrogen) atoms. The first-order valence-corrected chi connectivity index (χ1v) is 3.39. The van der Waals surface area contributed by atoms with E-state index in [4.69, 9.17) is 5.41 Å². The number of thiocarbonyl (C=S) groups is 1. The van der Waals surface area contributed by atoms with E-state index in [1.807, 2.05) is 24.3 Å². The number of rotatable bonds is 0. The van der Waals surface area contributed by atoms with Crippen molar-refractivity contribution < 1.29 is 4.79 Å². The highest BCUT2D eigenvalue weighted by Gasteiger charge is 2.19. The van der Waals surface area contributed by atoms with Crippen LogP contribution in [0.3, 0.4) is 0 Å². The molecule has 2 aliphatic carbocycles. The van der Waals surface area contributed by atoms with Gasteiger partial charge in [-0.25, -0.2) is 5.41 Å². The monoisotopic (exact) mass is 163 g/mol. The van der Waals surface area contributed by atoms with Crippen LogP contribution in [0.5, 0.6) is 0 Å². The van der Waals surface area contributed by atoms with E-state index >= 15 is 0 Å². The predicted octanol–water partition coefficient (Wildman–Crippen LogP) is 1.66. The third kappa shape index (κ3) is 1.40. The summed E-state index contributed by atoms with van der Waals surface area (Å²) in [5.41, 5.74) is 1.67. The molecule has 0 spiro atoms. The molecule has 3 heteroatoms. The molecule has 0 unspecified atom stereocenters. The third-order valence-electron chi connectivity index (χ3n) is 1.41. The SMILES string of the molecule is N=C=S.O=C1C2=CC=C1C=C2. The van der Waals surface area contributed by atoms with Gasteiger partial charge >= 0.3 is 0 Å². The van der Waals surface area contributed by atoms with Crippen molar-refractivity contribution in [2.75, 3.05) is 0 Å². The van der Waals surface area contributed by atoms with E-state index in [0.717, 1.165) is 11.1 Å².